The predicted octanol–water partition coefficient (Wildman–Crippen LogP) is 4.41. The number of nitrogens with zero attached hydrogens (tertiary/aromatic N) is 2. The van der Waals surface area contributed by atoms with Crippen LogP contribution in [0.5, 0.6) is 0 Å². The molecule has 1 N–H and O–H groups in total. The van der Waals surface area contributed by atoms with E-state index in [1.165, 1.54) is 29.2 Å². The van der Waals surface area contributed by atoms with Crippen molar-refractivity contribution in [1.82, 2.24) is 10.2 Å². The quantitative estimate of drug-likeness (QED) is 0.388. The summed E-state index contributed by atoms with van der Waals surface area (Å²) in [6.07, 6.45) is 0.272. The molecule has 1 atom stereocenters. The van der Waals surface area contributed by atoms with Gasteiger partial charge in [-0.3, -0.25) is 13.9 Å². The smallest absolute Gasteiger partial charge is 0.264 e. The monoisotopic (exact) mass is 543 g/mol. The summed E-state index contributed by atoms with van der Waals surface area (Å²) in [6.45, 7) is 5.05. The third kappa shape index (κ3) is 6.95. The maximum atomic E-state index is 13.8. The maximum Gasteiger partial charge on any atom is 0.264 e. The largest absolute Gasteiger partial charge is 0.355 e. The van der Waals surface area contributed by atoms with E-state index in [2.05, 4.69) is 5.32 Å². The lowest BCUT2D eigenvalue weighted by molar-refractivity contribution is -0.140. The number of halogens is 2. The molecule has 3 aromatic carbocycles. The molecule has 0 unspecified atom stereocenters. The minimum atomic E-state index is -4.28. The van der Waals surface area contributed by atoms with Crippen molar-refractivity contribution in [3.63, 3.8) is 0 Å². The number of hydrogen-bond donors (Lipinski definition) is 1. The van der Waals surface area contributed by atoms with Crippen molar-refractivity contribution in [3.8, 4) is 0 Å². The van der Waals surface area contributed by atoms with Crippen molar-refractivity contribution in [3.05, 3.63) is 95.6 Å². The van der Waals surface area contributed by atoms with E-state index in [0.717, 1.165) is 34.1 Å². The molecule has 0 saturated carbocycles. The van der Waals surface area contributed by atoms with Crippen LogP contribution in [0.4, 0.5) is 14.5 Å². The molecule has 0 radical (unpaired) electrons. The fourth-order valence-corrected chi connectivity index (χ4v) is 5.39. The summed E-state index contributed by atoms with van der Waals surface area (Å²) in [7, 11) is -4.28. The Morgan fingerprint density at radius 2 is 1.42 bits per heavy atom. The Balaban J connectivity index is 2.04. The van der Waals surface area contributed by atoms with Crippen molar-refractivity contribution in [2.45, 2.75) is 44.7 Å². The minimum absolute atomic E-state index is 0.0346. The average Bonchev–Trinajstić information content (AvgIpc) is 2.89. The van der Waals surface area contributed by atoms with Crippen LogP contribution in [0.2, 0.25) is 0 Å². The average molecular weight is 544 g/mol. The van der Waals surface area contributed by atoms with Crippen LogP contribution in [-0.2, 0) is 26.2 Å². The molecule has 0 saturated heterocycles. The van der Waals surface area contributed by atoms with Crippen LogP contribution in [0.3, 0.4) is 0 Å². The highest BCUT2D eigenvalue weighted by atomic mass is 32.2. The number of carbonyl (C=O) groups is 2. The fourth-order valence-electron chi connectivity index (χ4n) is 3.97. The molecular weight excluding hydrogens is 512 g/mol. The molecule has 7 nitrogen and oxygen atoms in total. The summed E-state index contributed by atoms with van der Waals surface area (Å²) < 4.78 is 55.3. The zero-order valence-electron chi connectivity index (χ0n) is 21.5. The van der Waals surface area contributed by atoms with Crippen LogP contribution in [-0.4, -0.2) is 44.3 Å². The van der Waals surface area contributed by atoms with Gasteiger partial charge < -0.3 is 10.2 Å². The van der Waals surface area contributed by atoms with Gasteiger partial charge in [0.15, 0.2) is 0 Å². The van der Waals surface area contributed by atoms with E-state index in [-0.39, 0.29) is 29.5 Å². The van der Waals surface area contributed by atoms with Crippen molar-refractivity contribution in [2.75, 3.05) is 17.4 Å². The van der Waals surface area contributed by atoms with Gasteiger partial charge in [0.05, 0.1) is 10.6 Å². The first kappa shape index (κ1) is 28.8. The molecule has 38 heavy (non-hydrogen) atoms. The Morgan fingerprint density at radius 3 is 1.95 bits per heavy atom. The SMILES string of the molecule is CCNC(=O)[C@H](CC)N(Cc1ccc(F)cc1)C(=O)CN(c1ccc(C)cc1)S(=O)(=O)c1ccc(F)cc1. The Labute approximate surface area is 222 Å². The number of nitrogens with one attached hydrogen (secondary N) is 1. The number of anilines is 1. The van der Waals surface area contributed by atoms with Crippen LogP contribution in [0.1, 0.15) is 31.4 Å². The van der Waals surface area contributed by atoms with Gasteiger partial charge in [-0.2, -0.15) is 0 Å². The minimum Gasteiger partial charge on any atom is -0.355 e. The third-order valence-corrected chi connectivity index (χ3v) is 7.79. The molecule has 0 aliphatic heterocycles. The zero-order valence-corrected chi connectivity index (χ0v) is 22.3. The van der Waals surface area contributed by atoms with Crippen LogP contribution in [0.15, 0.2) is 77.7 Å². The van der Waals surface area contributed by atoms with Gasteiger partial charge >= 0.3 is 0 Å². The highest BCUT2D eigenvalue weighted by molar-refractivity contribution is 7.92. The number of aryl methyl sites for hydroxylation is 1. The number of amides is 2. The lowest BCUT2D eigenvalue weighted by atomic mass is 10.1. The normalized spacial score (nSPS) is 12.0. The first-order chi connectivity index (χ1) is 18.1. The molecular formula is C28H31F2N3O4S. The van der Waals surface area contributed by atoms with Crippen molar-refractivity contribution in [1.29, 1.82) is 0 Å². The molecule has 3 aromatic rings. The first-order valence-electron chi connectivity index (χ1n) is 12.2. The highest BCUT2D eigenvalue weighted by Gasteiger charge is 2.33. The molecule has 0 aromatic heterocycles. The summed E-state index contributed by atoms with van der Waals surface area (Å²) in [4.78, 5) is 27.8. The van der Waals surface area contributed by atoms with Crippen molar-refractivity contribution >= 4 is 27.5 Å². The molecule has 0 bridgehead atoms. The van der Waals surface area contributed by atoms with Crippen LogP contribution in [0, 0.1) is 18.6 Å². The molecule has 2 amide bonds. The van der Waals surface area contributed by atoms with Gasteiger partial charge in [-0.15, -0.1) is 0 Å². The summed E-state index contributed by atoms with van der Waals surface area (Å²) in [5.41, 5.74) is 1.70. The Morgan fingerprint density at radius 1 is 0.868 bits per heavy atom. The third-order valence-electron chi connectivity index (χ3n) is 6.01. The number of rotatable bonds is 11. The molecule has 0 spiro atoms. The topological polar surface area (TPSA) is 86.8 Å². The molecule has 0 heterocycles. The Hall–Kier alpha value is -3.79. The van der Waals surface area contributed by atoms with Crippen molar-refractivity contribution in [2.24, 2.45) is 0 Å². The second-order valence-corrected chi connectivity index (χ2v) is 10.6. The zero-order chi connectivity index (χ0) is 27.9. The highest BCUT2D eigenvalue weighted by Crippen LogP contribution is 2.25. The number of hydrogen-bond acceptors (Lipinski definition) is 4. The van der Waals surface area contributed by atoms with Gasteiger partial charge in [-0.25, -0.2) is 17.2 Å². The van der Waals surface area contributed by atoms with Crippen molar-refractivity contribution < 1.29 is 26.8 Å². The van der Waals surface area contributed by atoms with Gasteiger partial charge in [0.25, 0.3) is 10.0 Å². The number of sulfonamides is 1. The van der Waals surface area contributed by atoms with Crippen LogP contribution >= 0.6 is 0 Å². The van der Waals surface area contributed by atoms with Gasteiger partial charge in [0, 0.05) is 13.1 Å². The van der Waals surface area contributed by atoms with E-state index in [1.807, 2.05) is 6.92 Å². The van der Waals surface area contributed by atoms with E-state index in [4.69, 9.17) is 0 Å². The van der Waals surface area contributed by atoms with E-state index in [9.17, 15) is 26.8 Å². The predicted molar refractivity (Wildman–Crippen MR) is 142 cm³/mol. The summed E-state index contributed by atoms with van der Waals surface area (Å²) in [5.74, 6) is -2.05. The van der Waals surface area contributed by atoms with E-state index in [1.54, 1.807) is 38.1 Å². The van der Waals surface area contributed by atoms with Gasteiger partial charge in [0.2, 0.25) is 11.8 Å². The Bertz CT molecular complexity index is 1350. The summed E-state index contributed by atoms with van der Waals surface area (Å²) in [5, 5.41) is 2.72. The number of benzene rings is 3. The lowest BCUT2D eigenvalue weighted by Crippen LogP contribution is -2.52. The van der Waals surface area contributed by atoms with Gasteiger partial charge in [-0.1, -0.05) is 36.8 Å². The Kier molecular flexibility index (Phi) is 9.57. The number of likely N-dealkylation sites (N-methyl/N-ethyl adjacent to an activating group) is 1. The summed E-state index contributed by atoms with van der Waals surface area (Å²) >= 11 is 0. The fraction of sp³-hybridized carbons (Fsp3) is 0.286. The van der Waals surface area contributed by atoms with Crippen LogP contribution in [0.25, 0.3) is 0 Å². The summed E-state index contributed by atoms with van der Waals surface area (Å²) in [6, 6.07) is 15.6. The molecule has 0 fully saturated rings. The van der Waals surface area contributed by atoms with E-state index >= 15 is 0 Å². The molecule has 0 aliphatic rings. The van der Waals surface area contributed by atoms with Gasteiger partial charge in [-0.05, 0) is 74.4 Å². The second-order valence-electron chi connectivity index (χ2n) is 8.77. The lowest BCUT2D eigenvalue weighted by Gasteiger charge is -2.33. The van der Waals surface area contributed by atoms with E-state index in [0.29, 0.717) is 12.1 Å². The van der Waals surface area contributed by atoms with E-state index < -0.39 is 40.2 Å². The van der Waals surface area contributed by atoms with Crippen LogP contribution < -0.4 is 9.62 Å². The maximum absolute atomic E-state index is 13.8. The molecule has 0 aliphatic carbocycles. The molecule has 202 valence electrons. The first-order valence-corrected chi connectivity index (χ1v) is 13.7. The molecule has 10 heteroatoms. The number of carbonyl (C=O) groups excluding carboxylic acids is 2. The molecule has 3 rings (SSSR count). The standard InChI is InChI=1S/C28H31F2N3O4S/c1-4-26(28(35)31-5-2)32(18-21-8-10-22(29)11-9-21)27(34)19-33(24-14-6-20(3)7-15-24)38(36,37)25-16-12-23(30)13-17-25/h6-17,26H,4-5,18-19H2,1-3H3,(H,31,35)/t26-/m0/s1. The second kappa shape index (κ2) is 12.6. The van der Waals surface area contributed by atoms with Gasteiger partial charge in [0.1, 0.15) is 24.2 Å².